The van der Waals surface area contributed by atoms with E-state index >= 15 is 0 Å². The van der Waals surface area contributed by atoms with Crippen LogP contribution in [0, 0.1) is 0 Å². The zero-order chi connectivity index (χ0) is 17.5. The standard InChI is InChI=1S/C19H13N5O2/c25-19(12-3-6-17-20-7-8-24(17)11-12)21-13-4-5-14-15(10-13)23-18(22-14)16-2-1-9-26-16/h1-11H,(H,21,25)(H,22,23). The van der Waals surface area contributed by atoms with Crippen LogP contribution in [0.5, 0.6) is 0 Å². The summed E-state index contributed by atoms with van der Waals surface area (Å²) < 4.78 is 7.17. The molecule has 4 heterocycles. The summed E-state index contributed by atoms with van der Waals surface area (Å²) in [5, 5.41) is 2.91. The molecule has 7 nitrogen and oxygen atoms in total. The average molecular weight is 343 g/mol. The lowest BCUT2D eigenvalue weighted by atomic mass is 10.2. The third-order valence-electron chi connectivity index (χ3n) is 4.15. The minimum Gasteiger partial charge on any atom is -0.461 e. The SMILES string of the molecule is O=C(Nc1ccc2nc(-c3ccco3)[nH]c2c1)c1ccc2nccn2c1. The molecule has 0 saturated carbocycles. The lowest BCUT2D eigenvalue weighted by Crippen LogP contribution is -2.12. The Morgan fingerprint density at radius 1 is 1.19 bits per heavy atom. The molecule has 1 amide bonds. The highest BCUT2D eigenvalue weighted by Crippen LogP contribution is 2.23. The maximum absolute atomic E-state index is 12.5. The van der Waals surface area contributed by atoms with Gasteiger partial charge in [0, 0.05) is 24.3 Å². The van der Waals surface area contributed by atoms with E-state index in [1.165, 1.54) is 0 Å². The van der Waals surface area contributed by atoms with Crippen molar-refractivity contribution < 1.29 is 9.21 Å². The molecule has 5 rings (SSSR count). The van der Waals surface area contributed by atoms with Crippen molar-refractivity contribution in [3.8, 4) is 11.6 Å². The van der Waals surface area contributed by atoms with Gasteiger partial charge in [-0.2, -0.15) is 0 Å². The molecular weight excluding hydrogens is 330 g/mol. The number of fused-ring (bicyclic) bond motifs is 2. The van der Waals surface area contributed by atoms with Crippen LogP contribution in [0.4, 0.5) is 5.69 Å². The Labute approximate surface area is 147 Å². The number of carbonyl (C=O) groups is 1. The minimum absolute atomic E-state index is 0.189. The first-order chi connectivity index (χ1) is 12.8. The Kier molecular flexibility index (Phi) is 3.11. The van der Waals surface area contributed by atoms with E-state index in [1.54, 1.807) is 30.9 Å². The molecule has 0 radical (unpaired) electrons. The maximum Gasteiger partial charge on any atom is 0.257 e. The predicted octanol–water partition coefficient (Wildman–Crippen LogP) is 3.72. The fourth-order valence-electron chi connectivity index (χ4n) is 2.87. The van der Waals surface area contributed by atoms with Gasteiger partial charge in [0.2, 0.25) is 0 Å². The quantitative estimate of drug-likeness (QED) is 0.522. The molecule has 1 aromatic carbocycles. The topological polar surface area (TPSA) is 88.2 Å². The van der Waals surface area contributed by atoms with Gasteiger partial charge in [-0.1, -0.05) is 0 Å². The van der Waals surface area contributed by atoms with Gasteiger partial charge >= 0.3 is 0 Å². The van der Waals surface area contributed by atoms with Crippen molar-refractivity contribution in [2.24, 2.45) is 0 Å². The number of nitrogens with one attached hydrogen (secondary N) is 2. The second kappa shape index (κ2) is 5.59. The number of imidazole rings is 2. The number of anilines is 1. The van der Waals surface area contributed by atoms with Crippen LogP contribution < -0.4 is 5.32 Å². The second-order valence-electron chi connectivity index (χ2n) is 5.86. The number of rotatable bonds is 3. The van der Waals surface area contributed by atoms with Gasteiger partial charge in [0.1, 0.15) is 5.65 Å². The molecule has 0 aliphatic rings. The van der Waals surface area contributed by atoms with Crippen LogP contribution in [-0.2, 0) is 0 Å². The summed E-state index contributed by atoms with van der Waals surface area (Å²) in [5.74, 6) is 1.13. The average Bonchev–Trinajstić information content (AvgIpc) is 3.39. The summed E-state index contributed by atoms with van der Waals surface area (Å²) in [5.41, 5.74) is 3.65. The van der Waals surface area contributed by atoms with Crippen LogP contribution in [-0.4, -0.2) is 25.3 Å². The Morgan fingerprint density at radius 2 is 2.15 bits per heavy atom. The minimum atomic E-state index is -0.189. The molecule has 7 heteroatoms. The summed E-state index contributed by atoms with van der Waals surface area (Å²) in [6, 6.07) is 12.7. The highest BCUT2D eigenvalue weighted by atomic mass is 16.3. The molecule has 0 spiro atoms. The smallest absolute Gasteiger partial charge is 0.257 e. The lowest BCUT2D eigenvalue weighted by molar-refractivity contribution is 0.102. The summed E-state index contributed by atoms with van der Waals surface area (Å²) >= 11 is 0. The van der Waals surface area contributed by atoms with Crippen LogP contribution in [0.3, 0.4) is 0 Å². The van der Waals surface area contributed by atoms with E-state index in [-0.39, 0.29) is 5.91 Å². The van der Waals surface area contributed by atoms with Gasteiger partial charge in [0.15, 0.2) is 11.6 Å². The van der Waals surface area contributed by atoms with Gasteiger partial charge in [-0.15, -0.1) is 0 Å². The van der Waals surface area contributed by atoms with Crippen molar-refractivity contribution in [1.82, 2.24) is 19.4 Å². The first kappa shape index (κ1) is 14.5. The number of hydrogen-bond donors (Lipinski definition) is 2. The van der Waals surface area contributed by atoms with Gasteiger partial charge < -0.3 is 19.1 Å². The van der Waals surface area contributed by atoms with Crippen molar-refractivity contribution >= 4 is 28.3 Å². The zero-order valence-electron chi connectivity index (χ0n) is 13.5. The van der Waals surface area contributed by atoms with Crippen molar-refractivity contribution in [1.29, 1.82) is 0 Å². The molecule has 0 aliphatic heterocycles. The molecule has 0 saturated heterocycles. The van der Waals surface area contributed by atoms with Gasteiger partial charge in [0.05, 0.1) is 22.9 Å². The number of amides is 1. The fraction of sp³-hybridized carbons (Fsp3) is 0. The van der Waals surface area contributed by atoms with Crippen molar-refractivity contribution in [2.45, 2.75) is 0 Å². The zero-order valence-corrected chi connectivity index (χ0v) is 13.5. The van der Waals surface area contributed by atoms with Gasteiger partial charge in [-0.3, -0.25) is 4.79 Å². The Morgan fingerprint density at radius 3 is 3.04 bits per heavy atom. The number of pyridine rings is 1. The van der Waals surface area contributed by atoms with E-state index in [2.05, 4.69) is 20.3 Å². The first-order valence-corrected chi connectivity index (χ1v) is 8.04. The van der Waals surface area contributed by atoms with Crippen molar-refractivity contribution in [3.05, 3.63) is 72.9 Å². The molecule has 0 aliphatic carbocycles. The number of benzene rings is 1. The number of furan rings is 1. The van der Waals surface area contributed by atoms with Gasteiger partial charge in [-0.25, -0.2) is 9.97 Å². The molecular formula is C19H13N5O2. The number of hydrogen-bond acceptors (Lipinski definition) is 4. The largest absolute Gasteiger partial charge is 0.461 e. The highest BCUT2D eigenvalue weighted by Gasteiger charge is 2.11. The number of H-pyrrole nitrogens is 1. The van der Waals surface area contributed by atoms with Crippen LogP contribution in [0.1, 0.15) is 10.4 Å². The molecule has 0 atom stereocenters. The highest BCUT2D eigenvalue weighted by molar-refractivity contribution is 6.05. The maximum atomic E-state index is 12.5. The molecule has 0 unspecified atom stereocenters. The molecule has 126 valence electrons. The number of aromatic nitrogens is 4. The fourth-order valence-corrected chi connectivity index (χ4v) is 2.87. The number of carbonyl (C=O) groups excluding carboxylic acids is 1. The molecule has 0 fully saturated rings. The van der Waals surface area contributed by atoms with Crippen molar-refractivity contribution in [3.63, 3.8) is 0 Å². The van der Waals surface area contributed by atoms with E-state index in [4.69, 9.17) is 4.42 Å². The van der Waals surface area contributed by atoms with E-state index in [9.17, 15) is 4.79 Å². The number of nitrogens with zero attached hydrogens (tertiary/aromatic N) is 3. The first-order valence-electron chi connectivity index (χ1n) is 8.04. The monoisotopic (exact) mass is 343 g/mol. The molecule has 4 aromatic heterocycles. The van der Waals surface area contributed by atoms with Crippen LogP contribution >= 0.6 is 0 Å². The summed E-state index contributed by atoms with van der Waals surface area (Å²) in [7, 11) is 0. The van der Waals surface area contributed by atoms with Crippen LogP contribution in [0.25, 0.3) is 28.3 Å². The van der Waals surface area contributed by atoms with Crippen LogP contribution in [0.2, 0.25) is 0 Å². The van der Waals surface area contributed by atoms with Gasteiger partial charge in [0.25, 0.3) is 5.91 Å². The Hall–Kier alpha value is -3.87. The Bertz CT molecular complexity index is 1230. The lowest BCUT2D eigenvalue weighted by Gasteiger charge is -2.05. The van der Waals surface area contributed by atoms with Crippen LogP contribution in [0.15, 0.2) is 71.7 Å². The summed E-state index contributed by atoms with van der Waals surface area (Å²) in [4.78, 5) is 24.4. The summed E-state index contributed by atoms with van der Waals surface area (Å²) in [6.07, 6.45) is 6.85. The van der Waals surface area contributed by atoms with E-state index < -0.39 is 0 Å². The van der Waals surface area contributed by atoms with Crippen molar-refractivity contribution in [2.75, 3.05) is 5.32 Å². The molecule has 0 bridgehead atoms. The third kappa shape index (κ3) is 2.42. The Balaban J connectivity index is 1.44. The van der Waals surface area contributed by atoms with Gasteiger partial charge in [-0.05, 0) is 42.5 Å². The second-order valence-corrected chi connectivity index (χ2v) is 5.86. The molecule has 26 heavy (non-hydrogen) atoms. The van der Waals surface area contributed by atoms with E-state index in [0.29, 0.717) is 22.8 Å². The van der Waals surface area contributed by atoms with E-state index in [0.717, 1.165) is 16.7 Å². The molecule has 5 aromatic rings. The third-order valence-corrected chi connectivity index (χ3v) is 4.15. The van der Waals surface area contributed by atoms with E-state index in [1.807, 2.05) is 40.8 Å². The summed E-state index contributed by atoms with van der Waals surface area (Å²) in [6.45, 7) is 0. The molecule has 2 N–H and O–H groups in total. The predicted molar refractivity (Wildman–Crippen MR) is 96.9 cm³/mol. The normalized spacial score (nSPS) is 11.2. The number of aromatic amines is 1.